The summed E-state index contributed by atoms with van der Waals surface area (Å²) in [6.45, 7) is 8.98. The average molecular weight is 241 g/mol. The molecule has 4 heteroatoms. The molecule has 1 heterocycles. The Bertz CT molecular complexity index is 260. The van der Waals surface area contributed by atoms with Crippen LogP contribution < -0.4 is 11.1 Å². The topological polar surface area (TPSA) is 58.4 Å². The molecule has 0 aromatic heterocycles. The standard InChI is InChI=1S/C13H27N3O/c1-13(2,3)11(14)12(17)15-8-10-6-5-7-16(4)9-10/h10-11H,5-9,14H2,1-4H3,(H,15,17)/t10?,11-/m0/s1. The van der Waals surface area contributed by atoms with E-state index in [4.69, 9.17) is 5.73 Å². The lowest BCUT2D eigenvalue weighted by Crippen LogP contribution is -2.50. The van der Waals surface area contributed by atoms with Crippen LogP contribution in [-0.4, -0.2) is 43.5 Å². The fourth-order valence-electron chi connectivity index (χ4n) is 2.19. The summed E-state index contributed by atoms with van der Waals surface area (Å²) in [5.74, 6) is 0.551. The molecule has 2 atom stereocenters. The number of hydrogen-bond acceptors (Lipinski definition) is 3. The van der Waals surface area contributed by atoms with Crippen molar-refractivity contribution in [3.63, 3.8) is 0 Å². The number of nitrogens with one attached hydrogen (secondary N) is 1. The first-order chi connectivity index (χ1) is 7.80. The molecule has 0 bridgehead atoms. The molecule has 0 radical (unpaired) electrons. The van der Waals surface area contributed by atoms with E-state index in [1.165, 1.54) is 19.4 Å². The molecule has 1 aliphatic heterocycles. The molecule has 100 valence electrons. The lowest BCUT2D eigenvalue weighted by molar-refractivity contribution is -0.124. The van der Waals surface area contributed by atoms with Gasteiger partial charge < -0.3 is 16.0 Å². The van der Waals surface area contributed by atoms with Gasteiger partial charge in [0.1, 0.15) is 0 Å². The maximum absolute atomic E-state index is 11.9. The van der Waals surface area contributed by atoms with E-state index >= 15 is 0 Å². The van der Waals surface area contributed by atoms with E-state index in [2.05, 4.69) is 17.3 Å². The van der Waals surface area contributed by atoms with Gasteiger partial charge >= 0.3 is 0 Å². The molecule has 1 saturated heterocycles. The van der Waals surface area contributed by atoms with E-state index in [9.17, 15) is 4.79 Å². The summed E-state index contributed by atoms with van der Waals surface area (Å²) in [7, 11) is 2.13. The predicted molar refractivity (Wildman–Crippen MR) is 70.7 cm³/mol. The summed E-state index contributed by atoms with van der Waals surface area (Å²) < 4.78 is 0. The zero-order chi connectivity index (χ0) is 13.1. The van der Waals surface area contributed by atoms with Crippen molar-refractivity contribution in [2.24, 2.45) is 17.1 Å². The van der Waals surface area contributed by atoms with Gasteiger partial charge in [-0.2, -0.15) is 0 Å². The van der Waals surface area contributed by atoms with Crippen molar-refractivity contribution in [1.29, 1.82) is 0 Å². The normalized spacial score (nSPS) is 24.4. The van der Waals surface area contributed by atoms with E-state index in [0.717, 1.165) is 13.1 Å². The van der Waals surface area contributed by atoms with E-state index < -0.39 is 6.04 Å². The molecule has 0 aliphatic carbocycles. The van der Waals surface area contributed by atoms with Crippen LogP contribution in [0.15, 0.2) is 0 Å². The maximum atomic E-state index is 11.9. The Morgan fingerprint density at radius 2 is 2.18 bits per heavy atom. The van der Waals surface area contributed by atoms with E-state index in [1.54, 1.807) is 0 Å². The van der Waals surface area contributed by atoms with Crippen molar-refractivity contribution in [2.45, 2.75) is 39.7 Å². The fraction of sp³-hybridized carbons (Fsp3) is 0.923. The first-order valence-electron chi connectivity index (χ1n) is 6.52. The molecule has 17 heavy (non-hydrogen) atoms. The quantitative estimate of drug-likeness (QED) is 0.769. The van der Waals surface area contributed by atoms with Crippen molar-refractivity contribution in [3.05, 3.63) is 0 Å². The van der Waals surface area contributed by atoms with Crippen molar-refractivity contribution < 1.29 is 4.79 Å². The molecule has 0 saturated carbocycles. The van der Waals surface area contributed by atoms with Gasteiger partial charge in [-0.15, -0.1) is 0 Å². The second-order valence-electron chi connectivity index (χ2n) is 6.36. The van der Waals surface area contributed by atoms with Crippen molar-refractivity contribution in [3.8, 4) is 0 Å². The third kappa shape index (κ3) is 4.64. The summed E-state index contributed by atoms with van der Waals surface area (Å²) in [5.41, 5.74) is 5.74. The Labute approximate surface area is 105 Å². The molecule has 1 rings (SSSR count). The van der Waals surface area contributed by atoms with Gasteiger partial charge in [0.15, 0.2) is 0 Å². The smallest absolute Gasteiger partial charge is 0.237 e. The predicted octanol–water partition coefficient (Wildman–Crippen LogP) is 0.818. The zero-order valence-corrected chi connectivity index (χ0v) is 11.6. The maximum Gasteiger partial charge on any atom is 0.237 e. The van der Waals surface area contributed by atoms with Gasteiger partial charge in [0, 0.05) is 13.1 Å². The molecule has 4 nitrogen and oxygen atoms in total. The van der Waals surface area contributed by atoms with Crippen LogP contribution in [0, 0.1) is 11.3 Å². The summed E-state index contributed by atoms with van der Waals surface area (Å²) in [6, 6.07) is -0.427. The summed E-state index contributed by atoms with van der Waals surface area (Å²) in [5, 5.41) is 2.99. The summed E-state index contributed by atoms with van der Waals surface area (Å²) in [6.07, 6.45) is 2.43. The van der Waals surface area contributed by atoms with Crippen LogP contribution >= 0.6 is 0 Å². The van der Waals surface area contributed by atoms with Gasteiger partial charge in [0.25, 0.3) is 0 Å². The van der Waals surface area contributed by atoms with Gasteiger partial charge in [-0.3, -0.25) is 4.79 Å². The number of likely N-dealkylation sites (tertiary alicyclic amines) is 1. The minimum Gasteiger partial charge on any atom is -0.354 e. The molecular formula is C13H27N3O. The van der Waals surface area contributed by atoms with Crippen LogP contribution in [0.3, 0.4) is 0 Å². The average Bonchev–Trinajstić information content (AvgIpc) is 2.23. The van der Waals surface area contributed by atoms with Crippen molar-refractivity contribution in [1.82, 2.24) is 10.2 Å². The third-order valence-corrected chi connectivity index (χ3v) is 3.50. The highest BCUT2D eigenvalue weighted by atomic mass is 16.2. The molecule has 0 spiro atoms. The molecule has 1 unspecified atom stereocenters. The summed E-state index contributed by atoms with van der Waals surface area (Å²) in [4.78, 5) is 14.2. The number of carbonyl (C=O) groups excluding carboxylic acids is 1. The number of amides is 1. The van der Waals surface area contributed by atoms with Crippen LogP contribution in [0.4, 0.5) is 0 Å². The Morgan fingerprint density at radius 3 is 2.71 bits per heavy atom. The molecule has 0 aromatic carbocycles. The molecular weight excluding hydrogens is 214 g/mol. The van der Waals surface area contributed by atoms with Crippen LogP contribution in [0.2, 0.25) is 0 Å². The number of piperidine rings is 1. The lowest BCUT2D eigenvalue weighted by atomic mass is 9.87. The molecule has 3 N–H and O–H groups in total. The van der Waals surface area contributed by atoms with Crippen LogP contribution in [-0.2, 0) is 4.79 Å². The highest BCUT2D eigenvalue weighted by Crippen LogP contribution is 2.18. The lowest BCUT2D eigenvalue weighted by Gasteiger charge is -2.31. The Kier molecular flexibility index (Phi) is 4.95. The number of hydrogen-bond donors (Lipinski definition) is 2. The Morgan fingerprint density at radius 1 is 1.53 bits per heavy atom. The van der Waals surface area contributed by atoms with Gasteiger partial charge in [-0.05, 0) is 37.8 Å². The van der Waals surface area contributed by atoms with Gasteiger partial charge in [-0.1, -0.05) is 20.8 Å². The largest absolute Gasteiger partial charge is 0.354 e. The fourth-order valence-corrected chi connectivity index (χ4v) is 2.19. The minimum atomic E-state index is -0.427. The minimum absolute atomic E-state index is 0.0225. The Balaban J connectivity index is 2.33. The molecule has 1 amide bonds. The number of nitrogens with two attached hydrogens (primary N) is 1. The number of nitrogens with zero attached hydrogens (tertiary/aromatic N) is 1. The first kappa shape index (κ1) is 14.5. The zero-order valence-electron chi connectivity index (χ0n) is 11.6. The van der Waals surface area contributed by atoms with Crippen LogP contribution in [0.25, 0.3) is 0 Å². The first-order valence-corrected chi connectivity index (χ1v) is 6.52. The third-order valence-electron chi connectivity index (χ3n) is 3.50. The van der Waals surface area contributed by atoms with Crippen LogP contribution in [0.5, 0.6) is 0 Å². The molecule has 1 fully saturated rings. The highest BCUT2D eigenvalue weighted by Gasteiger charge is 2.28. The van der Waals surface area contributed by atoms with E-state index in [1.807, 2.05) is 20.8 Å². The van der Waals surface area contributed by atoms with E-state index in [-0.39, 0.29) is 11.3 Å². The summed E-state index contributed by atoms with van der Waals surface area (Å²) >= 11 is 0. The second kappa shape index (κ2) is 5.83. The number of carbonyl (C=O) groups is 1. The van der Waals surface area contributed by atoms with E-state index in [0.29, 0.717) is 5.92 Å². The molecule has 0 aromatic rings. The molecule has 1 aliphatic rings. The monoisotopic (exact) mass is 241 g/mol. The SMILES string of the molecule is CN1CCCC(CNC(=O)[C@H](N)C(C)(C)C)C1. The van der Waals surface area contributed by atoms with Gasteiger partial charge in [0.2, 0.25) is 5.91 Å². The highest BCUT2D eigenvalue weighted by molar-refractivity contribution is 5.82. The Hall–Kier alpha value is -0.610. The second-order valence-corrected chi connectivity index (χ2v) is 6.36. The van der Waals surface area contributed by atoms with Gasteiger partial charge in [-0.25, -0.2) is 0 Å². The van der Waals surface area contributed by atoms with Gasteiger partial charge in [0.05, 0.1) is 6.04 Å². The van der Waals surface area contributed by atoms with Crippen molar-refractivity contribution >= 4 is 5.91 Å². The number of rotatable bonds is 3. The van der Waals surface area contributed by atoms with Crippen LogP contribution in [0.1, 0.15) is 33.6 Å². The van der Waals surface area contributed by atoms with Crippen molar-refractivity contribution in [2.75, 3.05) is 26.7 Å².